The maximum absolute atomic E-state index is 10.5. The summed E-state index contributed by atoms with van der Waals surface area (Å²) in [6, 6.07) is 11.3. The number of H-pyrrole nitrogens is 1. The first-order valence-electron chi connectivity index (χ1n) is 10.3. The Morgan fingerprint density at radius 2 is 1.86 bits per heavy atom. The van der Waals surface area contributed by atoms with Crippen LogP contribution in [0.4, 0.5) is 5.82 Å². The summed E-state index contributed by atoms with van der Waals surface area (Å²) in [5.41, 5.74) is 3.18. The number of hydrogen-bond acceptors (Lipinski definition) is 6. The van der Waals surface area contributed by atoms with E-state index in [2.05, 4.69) is 37.7 Å². The summed E-state index contributed by atoms with van der Waals surface area (Å²) >= 11 is 0. The van der Waals surface area contributed by atoms with E-state index in [4.69, 9.17) is 0 Å². The third-order valence-electron chi connectivity index (χ3n) is 6.35. The van der Waals surface area contributed by atoms with Crippen molar-refractivity contribution in [2.24, 2.45) is 0 Å². The van der Waals surface area contributed by atoms with E-state index in [-0.39, 0.29) is 5.75 Å². The minimum atomic E-state index is 0.185. The van der Waals surface area contributed by atoms with E-state index in [1.54, 1.807) is 18.5 Å². The van der Waals surface area contributed by atoms with Gasteiger partial charge < -0.3 is 15.3 Å². The molecule has 29 heavy (non-hydrogen) atoms. The Morgan fingerprint density at radius 3 is 2.52 bits per heavy atom. The fourth-order valence-electron chi connectivity index (χ4n) is 4.73. The second-order valence-electron chi connectivity index (χ2n) is 8.22. The third kappa shape index (κ3) is 3.58. The van der Waals surface area contributed by atoms with Crippen molar-refractivity contribution >= 4 is 5.82 Å². The van der Waals surface area contributed by atoms with Gasteiger partial charge in [0.25, 0.3) is 0 Å². The van der Waals surface area contributed by atoms with Crippen molar-refractivity contribution in [2.75, 3.05) is 11.9 Å². The molecular formula is C22H26N6O. The number of nitrogens with one attached hydrogen (secondary N) is 2. The Labute approximate surface area is 170 Å². The highest BCUT2D eigenvalue weighted by atomic mass is 16.3. The molecule has 2 aromatic heterocycles. The molecule has 3 N–H and O–H groups in total. The summed E-state index contributed by atoms with van der Waals surface area (Å²) in [6.45, 7) is 0. The fraction of sp³-hybridized carbons (Fsp3) is 0.409. The van der Waals surface area contributed by atoms with Crippen LogP contribution >= 0.6 is 0 Å². The zero-order valence-corrected chi connectivity index (χ0v) is 16.5. The van der Waals surface area contributed by atoms with Crippen molar-refractivity contribution in [1.29, 1.82) is 0 Å². The molecule has 0 radical (unpaired) electrons. The molecule has 0 saturated carbocycles. The lowest BCUT2D eigenvalue weighted by Gasteiger charge is -2.43. The Kier molecular flexibility index (Phi) is 4.67. The lowest BCUT2D eigenvalue weighted by molar-refractivity contribution is 0.219. The van der Waals surface area contributed by atoms with Gasteiger partial charge in [-0.3, -0.25) is 5.10 Å². The minimum absolute atomic E-state index is 0.185. The van der Waals surface area contributed by atoms with Crippen LogP contribution in [0.5, 0.6) is 5.75 Å². The standard InChI is InChI=1S/C22H26N6O/c1-28(18-10-16-3-2-4-17(11-18)25-16)22-8-7-20(26-27-22)19-6-5-14(9-21(19)29)15-12-23-24-13-15/h5-9,12-13,16-18,25,29H,2-4,10-11H2,1H3,(H,23,24). The summed E-state index contributed by atoms with van der Waals surface area (Å²) < 4.78 is 0. The quantitative estimate of drug-likeness (QED) is 0.633. The Hall–Kier alpha value is -2.93. The van der Waals surface area contributed by atoms with Crippen LogP contribution in [0, 0.1) is 0 Å². The van der Waals surface area contributed by atoms with Crippen LogP contribution in [-0.2, 0) is 0 Å². The molecule has 150 valence electrons. The largest absolute Gasteiger partial charge is 0.507 e. The molecule has 7 heteroatoms. The number of piperidine rings is 2. The number of fused-ring (bicyclic) bond motifs is 2. The van der Waals surface area contributed by atoms with Gasteiger partial charge in [0, 0.05) is 42.5 Å². The highest BCUT2D eigenvalue weighted by molar-refractivity contribution is 5.73. The summed E-state index contributed by atoms with van der Waals surface area (Å²) in [5.74, 6) is 1.07. The van der Waals surface area contributed by atoms with E-state index < -0.39 is 0 Å². The normalized spacial score (nSPS) is 23.7. The van der Waals surface area contributed by atoms with Gasteiger partial charge in [0.05, 0.1) is 11.9 Å². The number of nitrogens with zero attached hydrogens (tertiary/aromatic N) is 4. The van der Waals surface area contributed by atoms with Gasteiger partial charge in [-0.05, 0) is 55.5 Å². The first-order chi connectivity index (χ1) is 14.2. The summed E-state index contributed by atoms with van der Waals surface area (Å²) in [7, 11) is 2.12. The van der Waals surface area contributed by atoms with Gasteiger partial charge in [-0.15, -0.1) is 10.2 Å². The SMILES string of the molecule is CN(c1ccc(-c2ccc(-c3cn[nH]c3)cc2O)nn1)C1CC2CCCC(C1)N2. The molecule has 2 fully saturated rings. The average molecular weight is 390 g/mol. The second-order valence-corrected chi connectivity index (χ2v) is 8.22. The second kappa shape index (κ2) is 7.48. The highest BCUT2D eigenvalue weighted by Gasteiger charge is 2.33. The summed E-state index contributed by atoms with van der Waals surface area (Å²) in [4.78, 5) is 2.27. The first-order valence-corrected chi connectivity index (χ1v) is 10.3. The van der Waals surface area contributed by atoms with Gasteiger partial charge >= 0.3 is 0 Å². The zero-order chi connectivity index (χ0) is 19.8. The van der Waals surface area contributed by atoms with Crippen LogP contribution in [0.3, 0.4) is 0 Å². The van der Waals surface area contributed by atoms with E-state index in [1.807, 2.05) is 24.3 Å². The number of rotatable bonds is 4. The van der Waals surface area contributed by atoms with E-state index >= 15 is 0 Å². The summed E-state index contributed by atoms with van der Waals surface area (Å²) in [6.07, 6.45) is 9.75. The zero-order valence-electron chi connectivity index (χ0n) is 16.5. The molecule has 4 heterocycles. The Bertz CT molecular complexity index is 959. The number of aromatic hydroxyl groups is 1. The number of phenolic OH excluding ortho intramolecular Hbond substituents is 1. The number of aromatic nitrogens is 4. The first kappa shape index (κ1) is 18.1. The molecule has 5 rings (SSSR count). The third-order valence-corrected chi connectivity index (χ3v) is 6.35. The van der Waals surface area contributed by atoms with Crippen LogP contribution in [0.25, 0.3) is 22.4 Å². The van der Waals surface area contributed by atoms with Crippen LogP contribution in [0.15, 0.2) is 42.7 Å². The number of anilines is 1. The highest BCUT2D eigenvalue weighted by Crippen LogP contribution is 2.33. The van der Waals surface area contributed by atoms with Gasteiger partial charge in [0.15, 0.2) is 5.82 Å². The van der Waals surface area contributed by atoms with Gasteiger partial charge in [-0.25, -0.2) is 0 Å². The van der Waals surface area contributed by atoms with E-state index in [1.165, 1.54) is 19.3 Å². The van der Waals surface area contributed by atoms with Crippen molar-refractivity contribution in [3.8, 4) is 28.1 Å². The minimum Gasteiger partial charge on any atom is -0.507 e. The molecule has 7 nitrogen and oxygen atoms in total. The maximum Gasteiger partial charge on any atom is 0.151 e. The van der Waals surface area contributed by atoms with Gasteiger partial charge in [-0.2, -0.15) is 5.10 Å². The monoisotopic (exact) mass is 390 g/mol. The molecule has 2 aliphatic rings. The molecular weight excluding hydrogens is 364 g/mol. The van der Waals surface area contributed by atoms with E-state index in [0.717, 1.165) is 29.8 Å². The predicted octanol–water partition coefficient (Wildman–Crippen LogP) is 3.35. The van der Waals surface area contributed by atoms with Gasteiger partial charge in [0.2, 0.25) is 0 Å². The number of benzene rings is 1. The topological polar surface area (TPSA) is 90.0 Å². The van der Waals surface area contributed by atoms with E-state index in [9.17, 15) is 5.11 Å². The number of phenols is 1. The average Bonchev–Trinajstić information content (AvgIpc) is 3.28. The molecule has 2 atom stereocenters. The molecule has 2 unspecified atom stereocenters. The van der Waals surface area contributed by atoms with Crippen LogP contribution in [0.1, 0.15) is 32.1 Å². The van der Waals surface area contributed by atoms with Crippen LogP contribution in [0.2, 0.25) is 0 Å². The Balaban J connectivity index is 1.33. The molecule has 2 saturated heterocycles. The number of aromatic amines is 1. The lowest BCUT2D eigenvalue weighted by Crippen LogP contribution is -2.54. The fourth-order valence-corrected chi connectivity index (χ4v) is 4.73. The predicted molar refractivity (Wildman–Crippen MR) is 113 cm³/mol. The van der Waals surface area contributed by atoms with E-state index in [0.29, 0.717) is 29.4 Å². The van der Waals surface area contributed by atoms with Crippen molar-refractivity contribution < 1.29 is 5.11 Å². The van der Waals surface area contributed by atoms with Crippen molar-refractivity contribution in [1.82, 2.24) is 25.7 Å². The molecule has 2 aliphatic heterocycles. The molecule has 3 aromatic rings. The van der Waals surface area contributed by atoms with Gasteiger partial charge in [0.1, 0.15) is 5.75 Å². The van der Waals surface area contributed by atoms with Crippen molar-refractivity contribution in [2.45, 2.75) is 50.2 Å². The molecule has 2 bridgehead atoms. The molecule has 1 aromatic carbocycles. The smallest absolute Gasteiger partial charge is 0.151 e. The van der Waals surface area contributed by atoms with Crippen molar-refractivity contribution in [3.63, 3.8) is 0 Å². The van der Waals surface area contributed by atoms with Gasteiger partial charge in [-0.1, -0.05) is 12.5 Å². The van der Waals surface area contributed by atoms with Crippen LogP contribution < -0.4 is 10.2 Å². The molecule has 0 spiro atoms. The molecule has 0 aliphatic carbocycles. The lowest BCUT2D eigenvalue weighted by atomic mass is 9.83. The Morgan fingerprint density at radius 1 is 1.03 bits per heavy atom. The molecule has 0 amide bonds. The van der Waals surface area contributed by atoms with Crippen LogP contribution in [-0.4, -0.2) is 50.7 Å². The van der Waals surface area contributed by atoms with Crippen molar-refractivity contribution in [3.05, 3.63) is 42.7 Å². The number of hydrogen-bond donors (Lipinski definition) is 3. The maximum atomic E-state index is 10.5. The summed E-state index contributed by atoms with van der Waals surface area (Å²) in [5, 5.41) is 29.9.